The molecule has 6 nitrogen and oxygen atoms in total. The topological polar surface area (TPSA) is 92.7 Å². The highest BCUT2D eigenvalue weighted by molar-refractivity contribution is 5.23. The van der Waals surface area contributed by atoms with E-state index in [1.807, 2.05) is 37.3 Å². The Morgan fingerprint density at radius 2 is 1.56 bits per heavy atom. The average molecular weight is 341 g/mol. The maximum atomic E-state index is 11.7. The molecule has 0 radical (unpaired) electrons. The van der Waals surface area contributed by atoms with E-state index in [4.69, 9.17) is 5.11 Å². The zero-order valence-corrected chi connectivity index (χ0v) is 14.0. The molecule has 3 rings (SSSR count). The Morgan fingerprint density at radius 3 is 2.12 bits per heavy atom. The molecular formula is C19H19NO5. The maximum absolute atomic E-state index is 11.7. The third-order valence-electron chi connectivity index (χ3n) is 3.38. The van der Waals surface area contributed by atoms with Crippen LogP contribution in [0.1, 0.15) is 17.0 Å². The fraction of sp³-hybridized carbons (Fsp3) is 0.158. The Hall–Kier alpha value is -3.28. The first kappa shape index (κ1) is 18.1. The summed E-state index contributed by atoms with van der Waals surface area (Å²) in [4.78, 5) is 22.1. The van der Waals surface area contributed by atoms with Gasteiger partial charge in [-0.3, -0.25) is 4.79 Å². The van der Waals surface area contributed by atoms with E-state index in [0.29, 0.717) is 12.3 Å². The zero-order chi connectivity index (χ0) is 18.4. The summed E-state index contributed by atoms with van der Waals surface area (Å²) in [6.07, 6.45) is 0. The normalized spacial score (nSPS) is 10.0. The Bertz CT molecular complexity index is 934. The summed E-state index contributed by atoms with van der Waals surface area (Å²) in [5.74, 6) is 0.385. The maximum Gasteiger partial charge on any atom is 0.339 e. The molecule has 130 valence electrons. The highest BCUT2D eigenvalue weighted by Crippen LogP contribution is 2.09. The molecule has 0 spiro atoms. The van der Waals surface area contributed by atoms with Crippen molar-refractivity contribution in [3.05, 3.63) is 92.4 Å². The first-order valence-electron chi connectivity index (χ1n) is 7.60. The molecule has 3 aromatic rings. The fourth-order valence-electron chi connectivity index (χ4n) is 2.27. The summed E-state index contributed by atoms with van der Waals surface area (Å²) in [7, 11) is 0. The lowest BCUT2D eigenvalue weighted by Gasteiger charge is -2.09. The van der Waals surface area contributed by atoms with E-state index in [2.05, 4.69) is 4.42 Å². The molecule has 6 heteroatoms. The van der Waals surface area contributed by atoms with E-state index in [1.165, 1.54) is 12.1 Å². The van der Waals surface area contributed by atoms with Crippen LogP contribution >= 0.6 is 0 Å². The highest BCUT2D eigenvalue weighted by atomic mass is 16.4. The standard InChI is InChI=1S/C13H13NO2.C6H6O3/c1-10-7-12(15)8-13(16)14(10)9-11-5-3-2-4-6-11;1-4-2-5(7)3-6(8)9-4/h2-8,15H,9H2,1H3;2-3,7H,1H3. The number of hydrogen-bond donors (Lipinski definition) is 2. The van der Waals surface area contributed by atoms with E-state index < -0.39 is 5.63 Å². The van der Waals surface area contributed by atoms with E-state index in [-0.39, 0.29) is 17.1 Å². The van der Waals surface area contributed by atoms with Crippen molar-refractivity contribution in [2.45, 2.75) is 20.4 Å². The second kappa shape index (κ2) is 8.01. The highest BCUT2D eigenvalue weighted by Gasteiger charge is 2.03. The third-order valence-corrected chi connectivity index (χ3v) is 3.38. The van der Waals surface area contributed by atoms with Crippen molar-refractivity contribution in [2.75, 3.05) is 0 Å². The van der Waals surface area contributed by atoms with Crippen LogP contribution in [-0.4, -0.2) is 14.8 Å². The molecule has 2 aromatic heterocycles. The SMILES string of the molecule is Cc1cc(O)cc(=O)n1Cc1ccccc1.Cc1cc(O)cc(=O)o1. The van der Waals surface area contributed by atoms with Crippen LogP contribution in [0.4, 0.5) is 0 Å². The monoisotopic (exact) mass is 341 g/mol. The minimum absolute atomic E-state index is 0.0202. The van der Waals surface area contributed by atoms with Gasteiger partial charge in [-0.15, -0.1) is 0 Å². The van der Waals surface area contributed by atoms with Crippen LogP contribution in [-0.2, 0) is 6.54 Å². The van der Waals surface area contributed by atoms with Gasteiger partial charge >= 0.3 is 5.63 Å². The van der Waals surface area contributed by atoms with Gasteiger partial charge in [-0.2, -0.15) is 0 Å². The number of pyridine rings is 1. The molecule has 0 fully saturated rings. The van der Waals surface area contributed by atoms with Crippen LogP contribution in [0.5, 0.6) is 11.5 Å². The Balaban J connectivity index is 0.000000212. The molecule has 0 saturated carbocycles. The summed E-state index contributed by atoms with van der Waals surface area (Å²) < 4.78 is 6.18. The minimum atomic E-state index is -0.521. The summed E-state index contributed by atoms with van der Waals surface area (Å²) >= 11 is 0. The predicted molar refractivity (Wildman–Crippen MR) is 94.0 cm³/mol. The Labute approximate surface area is 144 Å². The predicted octanol–water partition coefficient (Wildman–Crippen LogP) is 2.56. The molecule has 0 aliphatic rings. The Kier molecular flexibility index (Phi) is 5.79. The van der Waals surface area contributed by atoms with Crippen molar-refractivity contribution < 1.29 is 14.6 Å². The van der Waals surface area contributed by atoms with E-state index in [0.717, 1.165) is 17.3 Å². The van der Waals surface area contributed by atoms with Gasteiger partial charge in [0, 0.05) is 17.8 Å². The number of aromatic hydroxyl groups is 2. The molecule has 0 amide bonds. The number of hydrogen-bond acceptors (Lipinski definition) is 5. The molecule has 1 aromatic carbocycles. The third kappa shape index (κ3) is 5.39. The first-order valence-corrected chi connectivity index (χ1v) is 7.60. The van der Waals surface area contributed by atoms with E-state index in [1.54, 1.807) is 17.6 Å². The van der Waals surface area contributed by atoms with Crippen LogP contribution in [0.2, 0.25) is 0 Å². The molecule has 2 N–H and O–H groups in total. The number of nitrogens with zero attached hydrogens (tertiary/aromatic N) is 1. The molecule has 0 aliphatic carbocycles. The van der Waals surface area contributed by atoms with Crippen LogP contribution in [0.3, 0.4) is 0 Å². The van der Waals surface area contributed by atoms with Crippen molar-refractivity contribution in [2.24, 2.45) is 0 Å². The van der Waals surface area contributed by atoms with Gasteiger partial charge in [0.1, 0.15) is 17.3 Å². The molecule has 25 heavy (non-hydrogen) atoms. The van der Waals surface area contributed by atoms with E-state index in [9.17, 15) is 14.7 Å². The lowest BCUT2D eigenvalue weighted by atomic mass is 10.2. The average Bonchev–Trinajstić information content (AvgIpc) is 2.51. The second-order valence-corrected chi connectivity index (χ2v) is 5.51. The first-order chi connectivity index (χ1) is 11.8. The lowest BCUT2D eigenvalue weighted by molar-refractivity contribution is 0.434. The van der Waals surface area contributed by atoms with Crippen molar-refractivity contribution in [3.63, 3.8) is 0 Å². The van der Waals surface area contributed by atoms with Gasteiger partial charge in [0.25, 0.3) is 5.56 Å². The number of benzene rings is 1. The van der Waals surface area contributed by atoms with Gasteiger partial charge in [-0.25, -0.2) is 4.79 Å². The summed E-state index contributed by atoms with van der Waals surface area (Å²) in [5.41, 5.74) is 1.13. The minimum Gasteiger partial charge on any atom is -0.508 e. The largest absolute Gasteiger partial charge is 0.508 e. The van der Waals surface area contributed by atoms with Crippen molar-refractivity contribution in [1.29, 1.82) is 0 Å². The molecule has 0 unspecified atom stereocenters. The van der Waals surface area contributed by atoms with Crippen molar-refractivity contribution in [3.8, 4) is 11.5 Å². The van der Waals surface area contributed by atoms with Crippen LogP contribution < -0.4 is 11.2 Å². The van der Waals surface area contributed by atoms with Crippen LogP contribution in [0.15, 0.2) is 68.6 Å². The summed E-state index contributed by atoms with van der Waals surface area (Å²) in [5, 5.41) is 18.0. The van der Waals surface area contributed by atoms with Crippen LogP contribution in [0.25, 0.3) is 0 Å². The van der Waals surface area contributed by atoms with Crippen molar-refractivity contribution in [1.82, 2.24) is 4.57 Å². The number of rotatable bonds is 2. The summed E-state index contributed by atoms with van der Waals surface area (Å²) in [6, 6.07) is 15.0. The van der Waals surface area contributed by atoms with Crippen LogP contribution in [0, 0.1) is 13.8 Å². The second-order valence-electron chi connectivity index (χ2n) is 5.51. The summed E-state index contributed by atoms with van der Waals surface area (Å²) in [6.45, 7) is 3.94. The fourth-order valence-corrected chi connectivity index (χ4v) is 2.27. The van der Waals surface area contributed by atoms with Gasteiger partial charge in [0.2, 0.25) is 0 Å². The van der Waals surface area contributed by atoms with Gasteiger partial charge in [0.05, 0.1) is 12.6 Å². The molecule has 2 heterocycles. The number of aromatic nitrogens is 1. The number of aryl methyl sites for hydroxylation is 2. The van der Waals surface area contributed by atoms with Gasteiger partial charge in [-0.1, -0.05) is 30.3 Å². The molecule has 0 bridgehead atoms. The molecular weight excluding hydrogens is 322 g/mol. The zero-order valence-electron chi connectivity index (χ0n) is 14.0. The molecule has 0 atom stereocenters. The molecule has 0 saturated heterocycles. The molecule has 0 aliphatic heterocycles. The quantitative estimate of drug-likeness (QED) is 0.747. The smallest absolute Gasteiger partial charge is 0.339 e. The van der Waals surface area contributed by atoms with Crippen molar-refractivity contribution >= 4 is 0 Å². The van der Waals surface area contributed by atoms with Gasteiger partial charge < -0.3 is 19.2 Å². The van der Waals surface area contributed by atoms with Gasteiger partial charge in [0.15, 0.2) is 0 Å². The van der Waals surface area contributed by atoms with E-state index >= 15 is 0 Å². The lowest BCUT2D eigenvalue weighted by Crippen LogP contribution is -2.21. The van der Waals surface area contributed by atoms with Gasteiger partial charge in [-0.05, 0) is 25.5 Å². The Morgan fingerprint density at radius 1 is 0.920 bits per heavy atom.